The maximum absolute atomic E-state index is 11.6. The van der Waals surface area contributed by atoms with Gasteiger partial charge >= 0.3 is 5.97 Å². The number of carbonyl (C=O) groups excluding carboxylic acids is 1. The van der Waals surface area contributed by atoms with Crippen LogP contribution in [0.15, 0.2) is 0 Å². The van der Waals surface area contributed by atoms with Crippen molar-refractivity contribution in [2.45, 2.75) is 142 Å². The Morgan fingerprint density at radius 2 is 0.743 bits per heavy atom. The highest BCUT2D eigenvalue weighted by molar-refractivity contribution is 5.69. The molecule has 5 heteroatoms. The molecule has 0 bridgehead atoms. The fourth-order valence-corrected chi connectivity index (χ4v) is 4.10. The number of carbonyl (C=O) groups is 1. The van der Waals surface area contributed by atoms with Crippen LogP contribution >= 0.6 is 0 Å². The van der Waals surface area contributed by atoms with Crippen LogP contribution in [0.25, 0.3) is 0 Å². The maximum atomic E-state index is 11.6. The monoisotopic (exact) mass is 500 g/mol. The quantitative estimate of drug-likeness (QED) is 0.0731. The van der Waals surface area contributed by atoms with Crippen molar-refractivity contribution in [2.24, 2.45) is 0 Å². The summed E-state index contributed by atoms with van der Waals surface area (Å²) in [6, 6.07) is 0. The Bertz CT molecular complexity index is 402. The molecule has 0 atom stereocenters. The van der Waals surface area contributed by atoms with Crippen LogP contribution in [-0.2, 0) is 23.7 Å². The van der Waals surface area contributed by atoms with Crippen molar-refractivity contribution in [1.29, 1.82) is 0 Å². The molecular formula is C30H60O5. The third-order valence-corrected chi connectivity index (χ3v) is 6.36. The van der Waals surface area contributed by atoms with Gasteiger partial charge in [-0.3, -0.25) is 4.79 Å². The summed E-state index contributed by atoms with van der Waals surface area (Å²) in [7, 11) is 0. The molecule has 0 aromatic rings. The molecule has 0 fully saturated rings. The summed E-state index contributed by atoms with van der Waals surface area (Å²) < 4.78 is 21.8. The highest BCUT2D eigenvalue weighted by Gasteiger charge is 2.02. The van der Waals surface area contributed by atoms with Crippen LogP contribution in [0.5, 0.6) is 0 Å². The summed E-state index contributed by atoms with van der Waals surface area (Å²) in [5.41, 5.74) is 0. The maximum Gasteiger partial charge on any atom is 0.305 e. The highest BCUT2D eigenvalue weighted by Crippen LogP contribution is 2.13. The Morgan fingerprint density at radius 3 is 1.20 bits per heavy atom. The lowest BCUT2D eigenvalue weighted by Gasteiger charge is -2.08. The molecule has 0 heterocycles. The molecule has 0 spiro atoms. The first-order valence-corrected chi connectivity index (χ1v) is 15.2. The molecule has 0 aromatic carbocycles. The van der Waals surface area contributed by atoms with Gasteiger partial charge in [0.1, 0.15) is 6.61 Å². The highest BCUT2D eigenvalue weighted by atomic mass is 16.6. The van der Waals surface area contributed by atoms with Crippen molar-refractivity contribution in [3.05, 3.63) is 0 Å². The van der Waals surface area contributed by atoms with E-state index >= 15 is 0 Å². The van der Waals surface area contributed by atoms with Crippen LogP contribution < -0.4 is 0 Å². The van der Waals surface area contributed by atoms with Gasteiger partial charge in [-0.2, -0.15) is 0 Å². The molecule has 0 saturated carbocycles. The fourth-order valence-electron chi connectivity index (χ4n) is 4.10. The van der Waals surface area contributed by atoms with Gasteiger partial charge in [0.2, 0.25) is 0 Å². The molecule has 35 heavy (non-hydrogen) atoms. The molecule has 5 nitrogen and oxygen atoms in total. The van der Waals surface area contributed by atoms with Gasteiger partial charge in [-0.15, -0.1) is 0 Å². The molecule has 0 radical (unpaired) electrons. The summed E-state index contributed by atoms with van der Waals surface area (Å²) >= 11 is 0. The van der Waals surface area contributed by atoms with E-state index in [1.54, 1.807) is 0 Å². The van der Waals surface area contributed by atoms with Gasteiger partial charge in [0, 0.05) is 13.0 Å². The SMILES string of the molecule is CCCCCCCCCCCCCCCCOCCOCCOCCOC(=O)CCCCCCC. The minimum absolute atomic E-state index is 0.114. The first-order valence-electron chi connectivity index (χ1n) is 15.2. The zero-order chi connectivity index (χ0) is 25.5. The zero-order valence-corrected chi connectivity index (χ0v) is 23.6. The second-order valence-corrected chi connectivity index (χ2v) is 9.82. The van der Waals surface area contributed by atoms with Crippen LogP contribution in [0.4, 0.5) is 0 Å². The average Bonchev–Trinajstić information content (AvgIpc) is 2.86. The summed E-state index contributed by atoms with van der Waals surface area (Å²) in [6.45, 7) is 8.39. The van der Waals surface area contributed by atoms with E-state index in [9.17, 15) is 4.79 Å². The van der Waals surface area contributed by atoms with Gasteiger partial charge in [0.05, 0.1) is 33.0 Å². The molecular weight excluding hydrogens is 440 g/mol. The Morgan fingerprint density at radius 1 is 0.400 bits per heavy atom. The van der Waals surface area contributed by atoms with Crippen LogP contribution in [0.2, 0.25) is 0 Å². The minimum atomic E-state index is -0.114. The van der Waals surface area contributed by atoms with Crippen molar-refractivity contribution >= 4 is 5.97 Å². The van der Waals surface area contributed by atoms with Gasteiger partial charge in [0.15, 0.2) is 0 Å². The fraction of sp³-hybridized carbons (Fsp3) is 0.967. The summed E-state index contributed by atoms with van der Waals surface area (Å²) in [4.78, 5) is 11.6. The summed E-state index contributed by atoms with van der Waals surface area (Å²) in [5.74, 6) is -0.114. The lowest BCUT2D eigenvalue weighted by Crippen LogP contribution is -2.14. The molecule has 0 rings (SSSR count). The predicted octanol–water partition coefficient (Wildman–Crippen LogP) is 8.42. The third-order valence-electron chi connectivity index (χ3n) is 6.36. The Labute approximate surface area is 218 Å². The van der Waals surface area contributed by atoms with Crippen LogP contribution in [0.1, 0.15) is 142 Å². The molecule has 0 unspecified atom stereocenters. The number of rotatable bonds is 30. The van der Waals surface area contributed by atoms with Gasteiger partial charge in [-0.25, -0.2) is 0 Å². The van der Waals surface area contributed by atoms with Crippen molar-refractivity contribution in [3.8, 4) is 0 Å². The van der Waals surface area contributed by atoms with E-state index in [4.69, 9.17) is 18.9 Å². The number of hydrogen-bond acceptors (Lipinski definition) is 5. The molecule has 0 N–H and O–H groups in total. The van der Waals surface area contributed by atoms with Crippen LogP contribution in [-0.4, -0.2) is 52.2 Å². The smallest absolute Gasteiger partial charge is 0.305 e. The Balaban J connectivity index is 3.08. The number of hydrogen-bond donors (Lipinski definition) is 0. The average molecular weight is 501 g/mol. The number of ether oxygens (including phenoxy) is 4. The molecule has 0 saturated heterocycles. The summed E-state index contributed by atoms with van der Waals surface area (Å²) in [6.07, 6.45) is 25.5. The molecule has 0 aromatic heterocycles. The van der Waals surface area contributed by atoms with Crippen molar-refractivity contribution in [2.75, 3.05) is 46.2 Å². The Kier molecular flexibility index (Phi) is 30.8. The van der Waals surface area contributed by atoms with Crippen molar-refractivity contribution in [1.82, 2.24) is 0 Å². The Hall–Kier alpha value is -0.650. The van der Waals surface area contributed by atoms with Gasteiger partial charge in [0.25, 0.3) is 0 Å². The van der Waals surface area contributed by atoms with E-state index < -0.39 is 0 Å². The van der Waals surface area contributed by atoms with E-state index in [1.807, 2.05) is 0 Å². The van der Waals surface area contributed by atoms with Gasteiger partial charge in [-0.1, -0.05) is 123 Å². The number of unbranched alkanes of at least 4 members (excludes halogenated alkanes) is 17. The first-order chi connectivity index (χ1) is 17.3. The van der Waals surface area contributed by atoms with Crippen LogP contribution in [0, 0.1) is 0 Å². The lowest BCUT2D eigenvalue weighted by atomic mass is 10.0. The normalized spacial score (nSPS) is 11.3. The summed E-state index contributed by atoms with van der Waals surface area (Å²) in [5, 5.41) is 0. The lowest BCUT2D eigenvalue weighted by molar-refractivity contribution is -0.145. The molecule has 210 valence electrons. The van der Waals surface area contributed by atoms with Crippen molar-refractivity contribution in [3.63, 3.8) is 0 Å². The second-order valence-electron chi connectivity index (χ2n) is 9.82. The van der Waals surface area contributed by atoms with E-state index in [0.717, 1.165) is 25.9 Å². The predicted molar refractivity (Wildman–Crippen MR) is 147 cm³/mol. The van der Waals surface area contributed by atoms with Gasteiger partial charge in [-0.05, 0) is 12.8 Å². The number of esters is 1. The largest absolute Gasteiger partial charge is 0.463 e. The van der Waals surface area contributed by atoms with E-state index in [-0.39, 0.29) is 5.97 Å². The van der Waals surface area contributed by atoms with E-state index in [2.05, 4.69) is 13.8 Å². The van der Waals surface area contributed by atoms with E-state index in [0.29, 0.717) is 46.1 Å². The molecule has 0 aliphatic carbocycles. The second kappa shape index (κ2) is 31.4. The van der Waals surface area contributed by atoms with E-state index in [1.165, 1.54) is 103 Å². The molecule has 0 amide bonds. The zero-order valence-electron chi connectivity index (χ0n) is 23.6. The first kappa shape index (κ1) is 34.4. The molecule has 0 aliphatic rings. The minimum Gasteiger partial charge on any atom is -0.463 e. The van der Waals surface area contributed by atoms with Crippen LogP contribution in [0.3, 0.4) is 0 Å². The van der Waals surface area contributed by atoms with Crippen molar-refractivity contribution < 1.29 is 23.7 Å². The third kappa shape index (κ3) is 31.3. The standard InChI is InChI=1S/C30H60O5/c1-3-5-7-9-10-11-12-13-14-15-16-17-19-21-23-32-24-25-33-26-27-34-28-29-35-30(31)22-20-18-8-6-4-2/h3-29H2,1-2H3. The molecule has 0 aliphatic heterocycles. The van der Waals surface area contributed by atoms with Gasteiger partial charge < -0.3 is 18.9 Å². The topological polar surface area (TPSA) is 54.0 Å².